The van der Waals surface area contributed by atoms with Gasteiger partial charge in [0.2, 0.25) is 27.7 Å². The topological polar surface area (TPSA) is 186 Å². The Balaban J connectivity index is 1.37. The fraction of sp³-hybridized carbons (Fsp3) is 0.634. The highest BCUT2D eigenvalue weighted by atomic mass is 32.2. The summed E-state index contributed by atoms with van der Waals surface area (Å²) < 4.78 is 45.4. The molecule has 1 aromatic heterocycles. The number of benzene rings is 1. The molecule has 4 amide bonds. The summed E-state index contributed by atoms with van der Waals surface area (Å²) >= 11 is 0. The molecular weight excluding hydrogens is 753 g/mol. The van der Waals surface area contributed by atoms with Crippen LogP contribution in [0.4, 0.5) is 10.6 Å². The minimum absolute atomic E-state index is 0.0294. The van der Waals surface area contributed by atoms with Gasteiger partial charge in [0.15, 0.2) is 0 Å². The maximum absolute atomic E-state index is 14.9. The Morgan fingerprint density at radius 2 is 1.81 bits per heavy atom. The SMILES string of the molecule is COc1ccc2c(O[C@@H]3C[C@H]4C(=O)N[C@]5(C(=O)NS(=O)(=O)C6(C)CC6)C[C@H]5/C=C\CC[C@@H](C)C[C@@H](C)[C@H](NC(=O)OC(C)(C)C)C(=O)N4C3)nc(N(C)C)cc2c1. The summed E-state index contributed by atoms with van der Waals surface area (Å²) in [6.07, 6.45) is 5.46. The van der Waals surface area contributed by atoms with Crippen LogP contribution in [0.25, 0.3) is 10.8 Å². The molecule has 4 aliphatic rings. The van der Waals surface area contributed by atoms with E-state index < -0.39 is 73.8 Å². The molecule has 312 valence electrons. The highest BCUT2D eigenvalue weighted by molar-refractivity contribution is 7.91. The highest BCUT2D eigenvalue weighted by Gasteiger charge is 2.63. The van der Waals surface area contributed by atoms with Gasteiger partial charge in [-0.1, -0.05) is 26.0 Å². The number of carbonyl (C=O) groups is 4. The number of allylic oxidation sites excluding steroid dienone is 1. The van der Waals surface area contributed by atoms with Crippen LogP contribution >= 0.6 is 0 Å². The summed E-state index contributed by atoms with van der Waals surface area (Å²) in [7, 11) is 1.29. The number of carbonyl (C=O) groups excluding carboxylic acids is 4. The van der Waals surface area contributed by atoms with Crippen LogP contribution < -0.4 is 29.7 Å². The molecule has 0 unspecified atom stereocenters. The van der Waals surface area contributed by atoms with E-state index in [1.54, 1.807) is 40.9 Å². The van der Waals surface area contributed by atoms with Gasteiger partial charge in [-0.25, -0.2) is 13.2 Å². The lowest BCUT2D eigenvalue weighted by atomic mass is 9.88. The number of pyridine rings is 1. The lowest BCUT2D eigenvalue weighted by Gasteiger charge is -2.33. The number of aromatic nitrogens is 1. The highest BCUT2D eigenvalue weighted by Crippen LogP contribution is 2.47. The quantitative estimate of drug-likeness (QED) is 0.321. The standard InChI is InChI=1S/C41H58N6O9S/c1-24-12-10-11-13-27-22-41(27,37(50)45-57(52,53)40(6)16-17-40)44-34(48)31-21-29(23-47(31)36(49)33(25(2)18-24)43-38(51)56-39(3,4)5)55-35-30-15-14-28(54-9)19-26(30)20-32(42-35)46(7)8/h11,13-15,19-20,24-25,27,29,31,33H,10,12,16-18,21-23H2,1-9H3,(H,43,51)(H,44,48)(H,45,50)/b13-11-/t24-,25-,27-,29-,31+,33+,41-/m1/s1. The molecule has 2 aliphatic carbocycles. The van der Waals surface area contributed by atoms with Crippen molar-refractivity contribution in [3.63, 3.8) is 0 Å². The van der Waals surface area contributed by atoms with E-state index >= 15 is 0 Å². The van der Waals surface area contributed by atoms with E-state index in [4.69, 9.17) is 19.2 Å². The number of nitrogens with one attached hydrogen (secondary N) is 3. The third-order valence-corrected chi connectivity index (χ3v) is 13.8. The smallest absolute Gasteiger partial charge is 0.408 e. The predicted molar refractivity (Wildman–Crippen MR) is 215 cm³/mol. The zero-order valence-corrected chi connectivity index (χ0v) is 35.3. The average Bonchev–Trinajstić information content (AvgIpc) is 4.00. The molecular formula is C41H58N6O9S. The van der Waals surface area contributed by atoms with Crippen LogP contribution in [-0.2, 0) is 29.1 Å². The first kappa shape index (κ1) is 42.0. The number of rotatable bonds is 8. The number of alkyl carbamates (subject to hydrolysis) is 1. The molecule has 3 N–H and O–H groups in total. The molecule has 1 aromatic carbocycles. The summed E-state index contributed by atoms with van der Waals surface area (Å²) in [5.74, 6) is -1.03. The summed E-state index contributed by atoms with van der Waals surface area (Å²) in [4.78, 5) is 64.7. The number of hydrogen-bond acceptors (Lipinski definition) is 11. The van der Waals surface area contributed by atoms with Crippen LogP contribution in [0.15, 0.2) is 36.4 Å². The Bertz CT molecular complexity index is 2040. The van der Waals surface area contributed by atoms with Crippen molar-refractivity contribution >= 4 is 50.4 Å². The van der Waals surface area contributed by atoms with Gasteiger partial charge < -0.3 is 34.6 Å². The molecule has 0 radical (unpaired) electrons. The van der Waals surface area contributed by atoms with Crippen molar-refractivity contribution in [1.29, 1.82) is 0 Å². The fourth-order valence-electron chi connectivity index (χ4n) is 7.83. The summed E-state index contributed by atoms with van der Waals surface area (Å²) in [5, 5.41) is 7.25. The number of ether oxygens (including phenoxy) is 3. The monoisotopic (exact) mass is 810 g/mol. The van der Waals surface area contributed by atoms with Crippen molar-refractivity contribution in [2.45, 2.75) is 121 Å². The fourth-order valence-corrected chi connectivity index (χ4v) is 9.14. The Kier molecular flexibility index (Phi) is 11.5. The molecule has 3 heterocycles. The third kappa shape index (κ3) is 9.10. The zero-order chi connectivity index (χ0) is 41.7. The van der Waals surface area contributed by atoms with Gasteiger partial charge in [0, 0.05) is 31.8 Å². The lowest BCUT2D eigenvalue weighted by molar-refractivity contribution is -0.142. The van der Waals surface area contributed by atoms with Gasteiger partial charge in [-0.2, -0.15) is 4.98 Å². The molecule has 1 saturated heterocycles. The molecule has 2 saturated carbocycles. The van der Waals surface area contributed by atoms with Gasteiger partial charge in [0.1, 0.15) is 40.9 Å². The van der Waals surface area contributed by atoms with Crippen LogP contribution in [-0.4, -0.2) is 104 Å². The molecule has 2 aromatic rings. The minimum Gasteiger partial charge on any atom is -0.497 e. The van der Waals surface area contributed by atoms with E-state index in [-0.39, 0.29) is 31.2 Å². The van der Waals surface area contributed by atoms with E-state index in [0.717, 1.165) is 11.8 Å². The van der Waals surface area contributed by atoms with Gasteiger partial charge in [-0.15, -0.1) is 0 Å². The molecule has 7 atom stereocenters. The van der Waals surface area contributed by atoms with E-state index in [9.17, 15) is 27.6 Å². The third-order valence-electron chi connectivity index (χ3n) is 11.6. The van der Waals surface area contributed by atoms with Gasteiger partial charge in [0.05, 0.1) is 18.4 Å². The van der Waals surface area contributed by atoms with Crippen molar-refractivity contribution in [1.82, 2.24) is 25.2 Å². The first-order chi connectivity index (χ1) is 26.6. The molecule has 16 heteroatoms. The van der Waals surface area contributed by atoms with Crippen LogP contribution in [0.3, 0.4) is 0 Å². The van der Waals surface area contributed by atoms with Crippen LogP contribution in [0.1, 0.15) is 86.5 Å². The molecule has 6 rings (SSSR count). The van der Waals surface area contributed by atoms with Crippen molar-refractivity contribution in [3.05, 3.63) is 36.4 Å². The van der Waals surface area contributed by atoms with Gasteiger partial charge in [-0.3, -0.25) is 19.1 Å². The maximum Gasteiger partial charge on any atom is 0.408 e. The molecule has 0 spiro atoms. The first-order valence-corrected chi connectivity index (χ1v) is 21.3. The second-order valence-corrected chi connectivity index (χ2v) is 20.0. The van der Waals surface area contributed by atoms with E-state index in [0.29, 0.717) is 48.5 Å². The normalized spacial score (nSPS) is 29.4. The molecule has 2 aliphatic heterocycles. The van der Waals surface area contributed by atoms with Crippen molar-refractivity contribution in [2.24, 2.45) is 17.8 Å². The average molecular weight is 811 g/mol. The molecule has 15 nitrogen and oxygen atoms in total. The number of methoxy groups -OCH3 is 1. The Morgan fingerprint density at radius 3 is 2.46 bits per heavy atom. The van der Waals surface area contributed by atoms with Gasteiger partial charge in [0.25, 0.3) is 5.91 Å². The van der Waals surface area contributed by atoms with Crippen molar-refractivity contribution in [2.75, 3.05) is 32.6 Å². The van der Waals surface area contributed by atoms with Gasteiger partial charge in [-0.05, 0) is 108 Å². The summed E-state index contributed by atoms with van der Waals surface area (Å²) in [5.41, 5.74) is -2.37. The first-order valence-electron chi connectivity index (χ1n) is 19.8. The number of fused-ring (bicyclic) bond motifs is 3. The Labute approximate surface area is 335 Å². The summed E-state index contributed by atoms with van der Waals surface area (Å²) in [6.45, 7) is 10.7. The van der Waals surface area contributed by atoms with E-state index in [1.807, 2.05) is 56.3 Å². The lowest BCUT2D eigenvalue weighted by Crippen LogP contribution is -2.59. The Morgan fingerprint density at radius 1 is 1.09 bits per heavy atom. The van der Waals surface area contributed by atoms with E-state index in [2.05, 4.69) is 22.3 Å². The van der Waals surface area contributed by atoms with Gasteiger partial charge >= 0.3 is 6.09 Å². The largest absolute Gasteiger partial charge is 0.497 e. The number of anilines is 1. The van der Waals surface area contributed by atoms with Crippen molar-refractivity contribution < 1.29 is 41.8 Å². The minimum atomic E-state index is -4.01. The van der Waals surface area contributed by atoms with Crippen LogP contribution in [0, 0.1) is 17.8 Å². The zero-order valence-electron chi connectivity index (χ0n) is 34.5. The second-order valence-electron chi connectivity index (χ2n) is 17.9. The van der Waals surface area contributed by atoms with Crippen LogP contribution in [0.2, 0.25) is 0 Å². The summed E-state index contributed by atoms with van der Waals surface area (Å²) in [6, 6.07) is 5.21. The number of hydrogen-bond donors (Lipinski definition) is 3. The number of nitrogens with zero attached hydrogens (tertiary/aromatic N) is 3. The van der Waals surface area contributed by atoms with Crippen molar-refractivity contribution in [3.8, 4) is 11.6 Å². The molecule has 3 fully saturated rings. The molecule has 0 bridgehead atoms. The van der Waals surface area contributed by atoms with E-state index in [1.165, 1.54) is 4.90 Å². The number of amides is 4. The maximum atomic E-state index is 14.9. The number of sulfonamides is 1. The second kappa shape index (κ2) is 15.6. The Hall–Kier alpha value is -4.60. The predicted octanol–water partition coefficient (Wildman–Crippen LogP) is 4.44. The molecule has 57 heavy (non-hydrogen) atoms. The van der Waals surface area contributed by atoms with Crippen LogP contribution in [0.5, 0.6) is 11.6 Å².